The molecule has 0 spiro atoms. The number of nitrogens with zero attached hydrogens (tertiary/aromatic N) is 1. The average molecular weight is 329 g/mol. The highest BCUT2D eigenvalue weighted by molar-refractivity contribution is 7.99. The maximum absolute atomic E-state index is 12.0. The number of carbonyl (C=O) groups excluding carboxylic acids is 1. The molecule has 1 rings (SSSR count). The van der Waals surface area contributed by atoms with Crippen LogP contribution in [0, 0.1) is 0 Å². The molecule has 1 fully saturated rings. The Labute approximate surface area is 139 Å². The standard InChI is InChI=1S/C16H32N4OS/c1-5-17-15(19-12-16(2,3)22-4)18-11-14(21)20-13-9-7-6-8-10-13/h13H,5-12H2,1-4H3,(H,20,21)(H2,17,18,19). The Bertz CT molecular complexity index is 365. The van der Waals surface area contributed by atoms with Crippen molar-refractivity contribution in [2.24, 2.45) is 4.99 Å². The SMILES string of the molecule is CCNC(=NCC(=O)NC1CCCCC1)NCC(C)(C)SC. The Morgan fingerprint density at radius 2 is 1.91 bits per heavy atom. The van der Waals surface area contributed by atoms with E-state index in [1.54, 1.807) is 0 Å². The third-order valence-electron chi connectivity index (χ3n) is 3.93. The van der Waals surface area contributed by atoms with Crippen LogP contribution in [0.4, 0.5) is 0 Å². The fourth-order valence-electron chi connectivity index (χ4n) is 2.38. The third kappa shape index (κ3) is 7.92. The molecule has 22 heavy (non-hydrogen) atoms. The van der Waals surface area contributed by atoms with Gasteiger partial charge in [0.05, 0.1) is 0 Å². The molecule has 1 aliphatic carbocycles. The first-order valence-electron chi connectivity index (χ1n) is 8.33. The van der Waals surface area contributed by atoms with Crippen molar-refractivity contribution in [3.63, 3.8) is 0 Å². The van der Waals surface area contributed by atoms with E-state index < -0.39 is 0 Å². The second kappa shape index (κ2) is 9.98. The molecule has 0 heterocycles. The van der Waals surface area contributed by atoms with E-state index in [9.17, 15) is 4.79 Å². The Morgan fingerprint density at radius 3 is 2.50 bits per heavy atom. The highest BCUT2D eigenvalue weighted by Gasteiger charge is 2.17. The van der Waals surface area contributed by atoms with Gasteiger partial charge in [0.1, 0.15) is 6.54 Å². The minimum atomic E-state index is 0.0215. The summed E-state index contributed by atoms with van der Waals surface area (Å²) in [6.45, 7) is 8.18. The zero-order chi connectivity index (χ0) is 16.4. The van der Waals surface area contributed by atoms with Gasteiger partial charge in [-0.05, 0) is 39.9 Å². The minimum Gasteiger partial charge on any atom is -0.357 e. The van der Waals surface area contributed by atoms with Gasteiger partial charge < -0.3 is 16.0 Å². The van der Waals surface area contributed by atoms with Gasteiger partial charge in [0, 0.05) is 23.9 Å². The summed E-state index contributed by atoms with van der Waals surface area (Å²) in [6, 6.07) is 0.349. The largest absolute Gasteiger partial charge is 0.357 e. The van der Waals surface area contributed by atoms with E-state index in [0.29, 0.717) is 12.0 Å². The van der Waals surface area contributed by atoms with Gasteiger partial charge in [-0.3, -0.25) is 4.79 Å². The average Bonchev–Trinajstić information content (AvgIpc) is 2.51. The smallest absolute Gasteiger partial charge is 0.242 e. The van der Waals surface area contributed by atoms with Crippen LogP contribution in [-0.2, 0) is 4.79 Å². The summed E-state index contributed by atoms with van der Waals surface area (Å²) in [6.07, 6.45) is 8.06. The summed E-state index contributed by atoms with van der Waals surface area (Å²) in [7, 11) is 0. The van der Waals surface area contributed by atoms with Crippen LogP contribution >= 0.6 is 11.8 Å². The van der Waals surface area contributed by atoms with Crippen molar-refractivity contribution in [2.75, 3.05) is 25.9 Å². The number of amides is 1. The number of carbonyl (C=O) groups is 1. The molecule has 3 N–H and O–H groups in total. The van der Waals surface area contributed by atoms with Crippen LogP contribution in [0.1, 0.15) is 52.9 Å². The minimum absolute atomic E-state index is 0.0215. The first-order valence-corrected chi connectivity index (χ1v) is 9.56. The van der Waals surface area contributed by atoms with E-state index in [2.05, 4.69) is 41.0 Å². The number of hydrogen-bond donors (Lipinski definition) is 3. The monoisotopic (exact) mass is 328 g/mol. The number of hydrogen-bond acceptors (Lipinski definition) is 3. The van der Waals surface area contributed by atoms with E-state index >= 15 is 0 Å². The molecule has 0 atom stereocenters. The molecule has 128 valence electrons. The Hall–Kier alpha value is -0.910. The number of thioether (sulfide) groups is 1. The van der Waals surface area contributed by atoms with E-state index in [1.165, 1.54) is 19.3 Å². The lowest BCUT2D eigenvalue weighted by Crippen LogP contribution is -2.44. The van der Waals surface area contributed by atoms with Crippen molar-refractivity contribution in [1.29, 1.82) is 0 Å². The van der Waals surface area contributed by atoms with E-state index in [0.717, 1.165) is 25.9 Å². The van der Waals surface area contributed by atoms with Gasteiger partial charge >= 0.3 is 0 Å². The van der Waals surface area contributed by atoms with E-state index in [-0.39, 0.29) is 17.2 Å². The molecule has 1 saturated carbocycles. The van der Waals surface area contributed by atoms with Crippen molar-refractivity contribution < 1.29 is 4.79 Å². The molecule has 1 amide bonds. The van der Waals surface area contributed by atoms with Gasteiger partial charge in [-0.2, -0.15) is 11.8 Å². The lowest BCUT2D eigenvalue weighted by atomic mass is 9.95. The van der Waals surface area contributed by atoms with Gasteiger partial charge in [-0.15, -0.1) is 0 Å². The summed E-state index contributed by atoms with van der Waals surface area (Å²) >= 11 is 1.81. The molecule has 0 aliphatic heterocycles. The number of rotatable bonds is 7. The molecule has 0 unspecified atom stereocenters. The van der Waals surface area contributed by atoms with Crippen LogP contribution in [0.15, 0.2) is 4.99 Å². The van der Waals surface area contributed by atoms with Crippen molar-refractivity contribution in [3.8, 4) is 0 Å². The van der Waals surface area contributed by atoms with E-state index in [1.807, 2.05) is 18.7 Å². The summed E-state index contributed by atoms with van der Waals surface area (Å²) in [5.41, 5.74) is 0. The lowest BCUT2D eigenvalue weighted by molar-refractivity contribution is -0.120. The van der Waals surface area contributed by atoms with Crippen molar-refractivity contribution in [2.45, 2.75) is 63.7 Å². The molecule has 0 aromatic rings. The fourth-order valence-corrected chi connectivity index (χ4v) is 2.60. The summed E-state index contributed by atoms with van der Waals surface area (Å²) in [5.74, 6) is 0.733. The number of guanidine groups is 1. The zero-order valence-electron chi connectivity index (χ0n) is 14.5. The molecule has 0 aromatic heterocycles. The summed E-state index contributed by atoms with van der Waals surface area (Å²) < 4.78 is 0.139. The summed E-state index contributed by atoms with van der Waals surface area (Å²) in [5, 5.41) is 9.59. The van der Waals surface area contributed by atoms with Crippen LogP contribution in [0.2, 0.25) is 0 Å². The van der Waals surface area contributed by atoms with Gasteiger partial charge in [0.2, 0.25) is 5.91 Å². The molecule has 6 heteroatoms. The quantitative estimate of drug-likeness (QED) is 0.495. The molecule has 5 nitrogen and oxygen atoms in total. The van der Waals surface area contributed by atoms with Gasteiger partial charge in [-0.1, -0.05) is 19.3 Å². The fraction of sp³-hybridized carbons (Fsp3) is 0.875. The van der Waals surface area contributed by atoms with Gasteiger partial charge in [0.15, 0.2) is 5.96 Å². The summed E-state index contributed by atoms with van der Waals surface area (Å²) in [4.78, 5) is 16.4. The van der Waals surface area contributed by atoms with Crippen LogP contribution in [0.25, 0.3) is 0 Å². The highest BCUT2D eigenvalue weighted by atomic mass is 32.2. The maximum atomic E-state index is 12.0. The second-order valence-corrected chi connectivity index (χ2v) is 7.93. The third-order valence-corrected chi connectivity index (χ3v) is 5.18. The van der Waals surface area contributed by atoms with Crippen LogP contribution < -0.4 is 16.0 Å². The zero-order valence-corrected chi connectivity index (χ0v) is 15.3. The predicted molar refractivity (Wildman–Crippen MR) is 96.6 cm³/mol. The normalized spacial score (nSPS) is 17.2. The Kier molecular flexibility index (Phi) is 8.68. The van der Waals surface area contributed by atoms with Crippen LogP contribution in [0.3, 0.4) is 0 Å². The Morgan fingerprint density at radius 1 is 1.23 bits per heavy atom. The molecular formula is C16H32N4OS. The Balaban J connectivity index is 2.41. The first kappa shape index (κ1) is 19.1. The highest BCUT2D eigenvalue weighted by Crippen LogP contribution is 2.19. The molecule has 0 radical (unpaired) electrons. The molecule has 0 bridgehead atoms. The lowest BCUT2D eigenvalue weighted by Gasteiger charge is -2.24. The molecule has 0 saturated heterocycles. The second-order valence-electron chi connectivity index (χ2n) is 6.41. The molecule has 0 aromatic carbocycles. The molecule has 1 aliphatic rings. The van der Waals surface area contributed by atoms with Crippen molar-refractivity contribution in [1.82, 2.24) is 16.0 Å². The van der Waals surface area contributed by atoms with Crippen LogP contribution in [-0.4, -0.2) is 48.5 Å². The van der Waals surface area contributed by atoms with Gasteiger partial charge in [-0.25, -0.2) is 4.99 Å². The van der Waals surface area contributed by atoms with Gasteiger partial charge in [0.25, 0.3) is 0 Å². The molecular weight excluding hydrogens is 296 g/mol. The maximum Gasteiger partial charge on any atom is 0.242 e. The number of aliphatic imine (C=N–C) groups is 1. The van der Waals surface area contributed by atoms with E-state index in [4.69, 9.17) is 0 Å². The number of nitrogens with one attached hydrogen (secondary N) is 3. The first-order chi connectivity index (χ1) is 10.5. The van der Waals surface area contributed by atoms with Crippen molar-refractivity contribution in [3.05, 3.63) is 0 Å². The predicted octanol–water partition coefficient (Wildman–Crippen LogP) is 2.13. The van der Waals surface area contributed by atoms with Crippen LogP contribution in [0.5, 0.6) is 0 Å². The van der Waals surface area contributed by atoms with Crippen molar-refractivity contribution >= 4 is 23.6 Å². The topological polar surface area (TPSA) is 65.5 Å².